The van der Waals surface area contributed by atoms with Crippen molar-refractivity contribution < 1.29 is 18.8 Å². The Balaban J connectivity index is 1.33. The highest BCUT2D eigenvalue weighted by Crippen LogP contribution is 2.30. The highest BCUT2D eigenvalue weighted by Gasteiger charge is 2.28. The normalized spacial score (nSPS) is 14.4. The smallest absolute Gasteiger partial charge is 0.253 e. The lowest BCUT2D eigenvalue weighted by atomic mass is 9.96. The zero-order valence-electron chi connectivity index (χ0n) is 18.6. The molecule has 0 saturated carbocycles. The molecule has 32 heavy (non-hydrogen) atoms. The number of amides is 1. The molecule has 1 aliphatic rings. The minimum Gasteiger partial charge on any atom is -0.497 e. The van der Waals surface area contributed by atoms with Crippen molar-refractivity contribution in [2.75, 3.05) is 26.8 Å². The van der Waals surface area contributed by atoms with Crippen molar-refractivity contribution in [2.45, 2.75) is 38.5 Å². The largest absolute Gasteiger partial charge is 0.497 e. The molecule has 0 aliphatic carbocycles. The van der Waals surface area contributed by atoms with Gasteiger partial charge in [-0.3, -0.25) is 4.79 Å². The summed E-state index contributed by atoms with van der Waals surface area (Å²) in [5, 5.41) is 4.14. The lowest BCUT2D eigenvalue weighted by Gasteiger charge is -2.30. The van der Waals surface area contributed by atoms with E-state index in [4.69, 9.17) is 14.0 Å². The van der Waals surface area contributed by atoms with Crippen molar-refractivity contribution in [2.24, 2.45) is 0 Å². The first-order chi connectivity index (χ1) is 15.7. The fourth-order valence-corrected chi connectivity index (χ4v) is 3.82. The van der Waals surface area contributed by atoms with E-state index in [1.807, 2.05) is 53.4 Å². The molecule has 1 amide bonds. The first-order valence-electron chi connectivity index (χ1n) is 11.2. The summed E-state index contributed by atoms with van der Waals surface area (Å²) >= 11 is 0. The van der Waals surface area contributed by atoms with E-state index in [2.05, 4.69) is 17.1 Å². The Hall–Kier alpha value is -3.35. The number of benzene rings is 2. The average Bonchev–Trinajstić information content (AvgIpc) is 3.35. The maximum Gasteiger partial charge on any atom is 0.253 e. The lowest BCUT2D eigenvalue weighted by Crippen LogP contribution is -2.38. The molecule has 1 saturated heterocycles. The number of aromatic nitrogens is 2. The molecule has 4 rings (SSSR count). The molecule has 1 aliphatic heterocycles. The molecule has 1 fully saturated rings. The van der Waals surface area contributed by atoms with Crippen LogP contribution >= 0.6 is 0 Å². The van der Waals surface area contributed by atoms with E-state index in [1.54, 1.807) is 7.11 Å². The van der Waals surface area contributed by atoms with E-state index >= 15 is 0 Å². The summed E-state index contributed by atoms with van der Waals surface area (Å²) in [5.74, 6) is 2.94. The summed E-state index contributed by atoms with van der Waals surface area (Å²) in [6.45, 7) is 4.16. The Kier molecular flexibility index (Phi) is 7.04. The minimum atomic E-state index is 0.0474. The maximum absolute atomic E-state index is 12.9. The van der Waals surface area contributed by atoms with Crippen LogP contribution < -0.4 is 9.47 Å². The number of hydrogen-bond donors (Lipinski definition) is 0. The van der Waals surface area contributed by atoms with Gasteiger partial charge in [0.25, 0.3) is 5.91 Å². The maximum atomic E-state index is 12.9. The van der Waals surface area contributed by atoms with Crippen LogP contribution in [-0.4, -0.2) is 47.8 Å². The van der Waals surface area contributed by atoms with Crippen LogP contribution in [0.1, 0.15) is 54.8 Å². The zero-order valence-corrected chi connectivity index (χ0v) is 18.6. The second-order valence-electron chi connectivity index (χ2n) is 7.98. The molecule has 0 spiro atoms. The number of nitrogens with zero attached hydrogens (tertiary/aromatic N) is 3. The van der Waals surface area contributed by atoms with E-state index in [0.29, 0.717) is 37.0 Å². The van der Waals surface area contributed by atoms with E-state index in [0.717, 1.165) is 42.7 Å². The van der Waals surface area contributed by atoms with Gasteiger partial charge in [-0.05, 0) is 55.7 Å². The van der Waals surface area contributed by atoms with Crippen LogP contribution in [0.5, 0.6) is 11.5 Å². The number of ether oxygens (including phenoxy) is 2. The topological polar surface area (TPSA) is 77.7 Å². The molecule has 2 aromatic carbocycles. The molecule has 7 nitrogen and oxygen atoms in total. The molecule has 0 radical (unpaired) electrons. The van der Waals surface area contributed by atoms with Gasteiger partial charge in [-0.15, -0.1) is 0 Å². The highest BCUT2D eigenvalue weighted by molar-refractivity contribution is 5.94. The van der Waals surface area contributed by atoms with E-state index in [-0.39, 0.29) is 11.8 Å². The number of methoxy groups -OCH3 is 1. The number of carbonyl (C=O) groups is 1. The molecule has 168 valence electrons. The molecule has 0 N–H and O–H groups in total. The van der Waals surface area contributed by atoms with Gasteiger partial charge in [0.05, 0.1) is 13.7 Å². The molecule has 0 atom stereocenters. The highest BCUT2D eigenvalue weighted by atomic mass is 16.5. The number of hydrogen-bond acceptors (Lipinski definition) is 6. The standard InChI is InChI=1S/C25H29N3O4/c1-3-4-16-31-21-10-8-19(9-11-21)25(29)28-14-12-18(13-15-28)24-26-23(27-32-24)20-6-5-7-22(17-20)30-2/h5-11,17-18H,3-4,12-16H2,1-2H3. The third kappa shape index (κ3) is 5.10. The summed E-state index contributed by atoms with van der Waals surface area (Å²) in [6, 6.07) is 15.0. The van der Waals surface area contributed by atoms with Gasteiger partial charge >= 0.3 is 0 Å². The second kappa shape index (κ2) is 10.3. The number of rotatable bonds is 8. The minimum absolute atomic E-state index is 0.0474. The molecule has 2 heterocycles. The van der Waals surface area contributed by atoms with Crippen molar-refractivity contribution >= 4 is 5.91 Å². The van der Waals surface area contributed by atoms with Crippen molar-refractivity contribution in [3.05, 3.63) is 60.0 Å². The Morgan fingerprint density at radius 3 is 2.62 bits per heavy atom. The third-order valence-corrected chi connectivity index (χ3v) is 5.77. The number of piperidine rings is 1. The van der Waals surface area contributed by atoms with Crippen molar-refractivity contribution in [1.29, 1.82) is 0 Å². The van der Waals surface area contributed by atoms with Crippen molar-refractivity contribution in [3.63, 3.8) is 0 Å². The summed E-state index contributed by atoms with van der Waals surface area (Å²) in [7, 11) is 1.63. The molecule has 1 aromatic heterocycles. The predicted octanol–water partition coefficient (Wildman–Crippen LogP) is 4.94. The van der Waals surface area contributed by atoms with Crippen LogP contribution in [0.15, 0.2) is 53.1 Å². The van der Waals surface area contributed by atoms with Crippen LogP contribution in [0.25, 0.3) is 11.4 Å². The van der Waals surface area contributed by atoms with Crippen molar-refractivity contribution in [1.82, 2.24) is 15.0 Å². The fourth-order valence-electron chi connectivity index (χ4n) is 3.82. The molecular formula is C25H29N3O4. The van der Waals surface area contributed by atoms with Crippen LogP contribution in [0.3, 0.4) is 0 Å². The van der Waals surface area contributed by atoms with E-state index in [1.165, 1.54) is 0 Å². The monoisotopic (exact) mass is 435 g/mol. The molecular weight excluding hydrogens is 406 g/mol. The predicted molar refractivity (Wildman–Crippen MR) is 121 cm³/mol. The van der Waals surface area contributed by atoms with Gasteiger partial charge in [0.2, 0.25) is 11.7 Å². The molecule has 7 heteroatoms. The lowest BCUT2D eigenvalue weighted by molar-refractivity contribution is 0.0704. The van der Waals surface area contributed by atoms with Gasteiger partial charge in [0, 0.05) is 30.1 Å². The fraction of sp³-hybridized carbons (Fsp3) is 0.400. The van der Waals surface area contributed by atoms with Gasteiger partial charge in [0.1, 0.15) is 11.5 Å². The Bertz CT molecular complexity index is 1020. The van der Waals surface area contributed by atoms with Crippen LogP contribution in [0.2, 0.25) is 0 Å². The molecule has 0 bridgehead atoms. The number of likely N-dealkylation sites (tertiary alicyclic amines) is 1. The van der Waals surface area contributed by atoms with E-state index in [9.17, 15) is 4.79 Å². The Morgan fingerprint density at radius 1 is 1.12 bits per heavy atom. The molecule has 3 aromatic rings. The van der Waals surface area contributed by atoms with Gasteiger partial charge in [-0.2, -0.15) is 4.98 Å². The quantitative estimate of drug-likeness (QED) is 0.466. The first-order valence-corrected chi connectivity index (χ1v) is 11.2. The zero-order chi connectivity index (χ0) is 22.3. The first kappa shape index (κ1) is 21.9. The van der Waals surface area contributed by atoms with E-state index < -0.39 is 0 Å². The molecule has 0 unspecified atom stereocenters. The summed E-state index contributed by atoms with van der Waals surface area (Å²) in [6.07, 6.45) is 3.71. The SMILES string of the molecule is CCCCOc1ccc(C(=O)N2CCC(c3nc(-c4cccc(OC)c4)no3)CC2)cc1. The number of carbonyl (C=O) groups excluding carboxylic acids is 1. The third-order valence-electron chi connectivity index (χ3n) is 5.77. The summed E-state index contributed by atoms with van der Waals surface area (Å²) in [5.41, 5.74) is 1.54. The Labute approximate surface area is 188 Å². The van der Waals surface area contributed by atoms with Gasteiger partial charge < -0.3 is 18.9 Å². The Morgan fingerprint density at radius 2 is 1.91 bits per heavy atom. The van der Waals surface area contributed by atoms with Crippen LogP contribution in [0, 0.1) is 0 Å². The van der Waals surface area contributed by atoms with Gasteiger partial charge in [-0.1, -0.05) is 30.6 Å². The van der Waals surface area contributed by atoms with Crippen molar-refractivity contribution in [3.8, 4) is 22.9 Å². The summed E-state index contributed by atoms with van der Waals surface area (Å²) < 4.78 is 16.5. The van der Waals surface area contributed by atoms with Gasteiger partial charge in [0.15, 0.2) is 0 Å². The number of unbranched alkanes of at least 4 members (excludes halogenated alkanes) is 1. The van der Waals surface area contributed by atoms with Crippen LogP contribution in [-0.2, 0) is 0 Å². The second-order valence-corrected chi connectivity index (χ2v) is 7.98. The average molecular weight is 436 g/mol. The summed E-state index contributed by atoms with van der Waals surface area (Å²) in [4.78, 5) is 19.4. The van der Waals surface area contributed by atoms with Crippen LogP contribution in [0.4, 0.5) is 0 Å². The van der Waals surface area contributed by atoms with Gasteiger partial charge in [-0.25, -0.2) is 0 Å².